The molecule has 25 heavy (non-hydrogen) atoms. The highest BCUT2D eigenvalue weighted by Gasteiger charge is 2.18. The number of hydrogen-bond acceptors (Lipinski definition) is 5. The first-order valence-electron chi connectivity index (χ1n) is 7.76. The summed E-state index contributed by atoms with van der Waals surface area (Å²) in [5, 5.41) is 0.239. The van der Waals surface area contributed by atoms with Crippen LogP contribution in [0, 0.1) is 5.92 Å². The monoisotopic (exact) mass is 365 g/mol. The molecule has 134 valence electrons. The Morgan fingerprint density at radius 1 is 1.28 bits per heavy atom. The fraction of sp³-hybridized carbons (Fsp3) is 0.333. The van der Waals surface area contributed by atoms with Crippen LogP contribution in [0.1, 0.15) is 34.7 Å². The second-order valence-electron chi connectivity index (χ2n) is 5.78. The van der Waals surface area contributed by atoms with Gasteiger partial charge in [-0.2, -0.15) is 0 Å². The Labute approximate surface area is 151 Å². The Hall–Kier alpha value is -2.47. The van der Waals surface area contributed by atoms with Crippen LogP contribution in [0.3, 0.4) is 0 Å². The average Bonchev–Trinajstić information content (AvgIpc) is 3.12. The summed E-state index contributed by atoms with van der Waals surface area (Å²) in [6.07, 6.45) is 1.62. The molecule has 0 amide bonds. The van der Waals surface area contributed by atoms with Gasteiger partial charge >= 0.3 is 5.97 Å². The van der Waals surface area contributed by atoms with Gasteiger partial charge in [0.25, 0.3) is 0 Å². The number of ketones is 1. The molecule has 0 spiro atoms. The first kappa shape index (κ1) is 18.9. The summed E-state index contributed by atoms with van der Waals surface area (Å²) in [7, 11) is 1.46. The van der Waals surface area contributed by atoms with E-state index in [2.05, 4.69) is 4.98 Å². The minimum Gasteiger partial charge on any atom is -0.493 e. The first-order chi connectivity index (χ1) is 11.9. The summed E-state index contributed by atoms with van der Waals surface area (Å²) in [6.45, 7) is 4.11. The van der Waals surface area contributed by atoms with E-state index in [9.17, 15) is 9.59 Å². The average molecular weight is 366 g/mol. The molecule has 7 heteroatoms. The molecule has 0 aliphatic rings. The van der Waals surface area contributed by atoms with E-state index < -0.39 is 5.97 Å². The van der Waals surface area contributed by atoms with Gasteiger partial charge in [-0.05, 0) is 30.2 Å². The van der Waals surface area contributed by atoms with Crippen LogP contribution in [-0.4, -0.2) is 37.1 Å². The van der Waals surface area contributed by atoms with Crippen LogP contribution >= 0.6 is 11.6 Å². The number of esters is 1. The SMILES string of the molecule is COc1cc(C(=O)OCC(=O)c2ccc[nH]2)cc(Cl)c1OCC(C)C. The molecule has 2 aromatic rings. The second-order valence-corrected chi connectivity index (χ2v) is 6.18. The van der Waals surface area contributed by atoms with Crippen LogP contribution in [-0.2, 0) is 4.74 Å². The highest BCUT2D eigenvalue weighted by molar-refractivity contribution is 6.32. The highest BCUT2D eigenvalue weighted by atomic mass is 35.5. The maximum absolute atomic E-state index is 12.2. The number of halogens is 1. The van der Waals surface area contributed by atoms with Gasteiger partial charge in [0, 0.05) is 6.20 Å². The molecule has 1 N–H and O–H groups in total. The van der Waals surface area contributed by atoms with Crippen LogP contribution < -0.4 is 9.47 Å². The summed E-state index contributed by atoms with van der Waals surface area (Å²) >= 11 is 6.20. The number of aromatic nitrogens is 1. The Kier molecular flexibility index (Phi) is 6.47. The molecule has 0 fully saturated rings. The number of carbonyl (C=O) groups is 2. The fourth-order valence-electron chi connectivity index (χ4n) is 2.02. The Balaban J connectivity index is 2.09. The van der Waals surface area contributed by atoms with Gasteiger partial charge in [0.1, 0.15) is 0 Å². The van der Waals surface area contributed by atoms with Gasteiger partial charge in [-0.15, -0.1) is 0 Å². The van der Waals surface area contributed by atoms with E-state index >= 15 is 0 Å². The molecule has 0 bridgehead atoms. The van der Waals surface area contributed by atoms with Crippen molar-refractivity contribution >= 4 is 23.4 Å². The van der Waals surface area contributed by atoms with Crippen molar-refractivity contribution in [1.82, 2.24) is 4.98 Å². The number of rotatable bonds is 8. The second kappa shape index (κ2) is 8.58. The molecule has 0 aliphatic carbocycles. The maximum atomic E-state index is 12.2. The molecule has 0 saturated heterocycles. The number of H-pyrrole nitrogens is 1. The zero-order valence-corrected chi connectivity index (χ0v) is 15.1. The summed E-state index contributed by atoms with van der Waals surface area (Å²) < 4.78 is 15.9. The highest BCUT2D eigenvalue weighted by Crippen LogP contribution is 2.36. The molecular formula is C18H20ClNO5. The predicted molar refractivity (Wildman–Crippen MR) is 93.7 cm³/mol. The van der Waals surface area contributed by atoms with Crippen molar-refractivity contribution in [2.24, 2.45) is 5.92 Å². The number of methoxy groups -OCH3 is 1. The van der Waals surface area contributed by atoms with Crippen molar-refractivity contribution in [3.05, 3.63) is 46.7 Å². The van der Waals surface area contributed by atoms with Crippen molar-refractivity contribution < 1.29 is 23.8 Å². The molecule has 1 aromatic carbocycles. The maximum Gasteiger partial charge on any atom is 0.338 e. The zero-order valence-electron chi connectivity index (χ0n) is 14.3. The third-order valence-electron chi connectivity index (χ3n) is 3.26. The fourth-order valence-corrected chi connectivity index (χ4v) is 2.29. The minimum atomic E-state index is -0.671. The van der Waals surface area contributed by atoms with Crippen molar-refractivity contribution in [2.75, 3.05) is 20.3 Å². The Bertz CT molecular complexity index is 740. The van der Waals surface area contributed by atoms with Gasteiger partial charge in [0.2, 0.25) is 5.78 Å². The van der Waals surface area contributed by atoms with Gasteiger partial charge in [0.15, 0.2) is 18.1 Å². The van der Waals surface area contributed by atoms with Crippen molar-refractivity contribution in [3.8, 4) is 11.5 Å². The topological polar surface area (TPSA) is 77.6 Å². The van der Waals surface area contributed by atoms with Crippen LogP contribution in [0.2, 0.25) is 5.02 Å². The molecule has 2 rings (SSSR count). The first-order valence-corrected chi connectivity index (χ1v) is 8.14. The van der Waals surface area contributed by atoms with Crippen molar-refractivity contribution in [1.29, 1.82) is 0 Å². The number of ether oxygens (including phenoxy) is 3. The number of benzene rings is 1. The van der Waals surface area contributed by atoms with Crippen molar-refractivity contribution in [3.63, 3.8) is 0 Å². The number of Topliss-reactive ketones (excluding diaryl/α,β-unsaturated/α-hetero) is 1. The molecule has 0 unspecified atom stereocenters. The third-order valence-corrected chi connectivity index (χ3v) is 3.54. The van der Waals surface area contributed by atoms with Crippen LogP contribution in [0.15, 0.2) is 30.5 Å². The molecule has 0 radical (unpaired) electrons. The summed E-state index contributed by atoms with van der Waals surface area (Å²) in [5.41, 5.74) is 0.555. The molecule has 0 aliphatic heterocycles. The lowest BCUT2D eigenvalue weighted by Crippen LogP contribution is -2.15. The predicted octanol–water partition coefficient (Wildman–Crippen LogP) is 3.75. The molecule has 0 atom stereocenters. The minimum absolute atomic E-state index is 0.179. The lowest BCUT2D eigenvalue weighted by molar-refractivity contribution is 0.0473. The molecular weight excluding hydrogens is 346 g/mol. The van der Waals surface area contributed by atoms with Gasteiger partial charge in [-0.3, -0.25) is 4.79 Å². The Morgan fingerprint density at radius 3 is 2.64 bits per heavy atom. The van der Waals surface area contributed by atoms with Crippen molar-refractivity contribution in [2.45, 2.75) is 13.8 Å². The van der Waals surface area contributed by atoms with E-state index in [1.54, 1.807) is 18.3 Å². The van der Waals surface area contributed by atoms with Gasteiger partial charge < -0.3 is 19.2 Å². The van der Waals surface area contributed by atoms with Crippen LogP contribution in [0.4, 0.5) is 0 Å². The summed E-state index contributed by atoms with van der Waals surface area (Å²) in [4.78, 5) is 26.8. The van der Waals surface area contributed by atoms with Crippen LogP contribution in [0.25, 0.3) is 0 Å². The van der Waals surface area contributed by atoms with E-state index in [1.165, 1.54) is 19.2 Å². The normalized spacial score (nSPS) is 10.6. The molecule has 6 nitrogen and oxygen atoms in total. The summed E-state index contributed by atoms with van der Waals surface area (Å²) in [6, 6.07) is 6.21. The van der Waals surface area contributed by atoms with E-state index in [1.807, 2.05) is 13.8 Å². The van der Waals surface area contributed by atoms with E-state index in [4.69, 9.17) is 25.8 Å². The number of hydrogen-bond donors (Lipinski definition) is 1. The third kappa shape index (κ3) is 5.00. The summed E-state index contributed by atoms with van der Waals surface area (Å²) in [5.74, 6) is 0.0147. The van der Waals surface area contributed by atoms with E-state index in [0.29, 0.717) is 29.7 Å². The molecule has 0 saturated carbocycles. The lowest BCUT2D eigenvalue weighted by Gasteiger charge is -2.15. The quantitative estimate of drug-likeness (QED) is 0.569. The molecule has 1 heterocycles. The number of carbonyl (C=O) groups excluding carboxylic acids is 2. The van der Waals surface area contributed by atoms with E-state index in [0.717, 1.165) is 0 Å². The Morgan fingerprint density at radius 2 is 2.04 bits per heavy atom. The van der Waals surface area contributed by atoms with Gasteiger partial charge in [-0.1, -0.05) is 25.4 Å². The standard InChI is InChI=1S/C18H20ClNO5/c1-11(2)9-24-17-13(19)7-12(8-16(17)23-3)18(22)25-10-15(21)14-5-4-6-20-14/h4-8,11,20H,9-10H2,1-3H3. The van der Waals surface area contributed by atoms with Crippen LogP contribution in [0.5, 0.6) is 11.5 Å². The smallest absolute Gasteiger partial charge is 0.338 e. The number of aromatic amines is 1. The zero-order chi connectivity index (χ0) is 18.4. The van der Waals surface area contributed by atoms with Gasteiger partial charge in [0.05, 0.1) is 30.0 Å². The number of nitrogens with one attached hydrogen (secondary N) is 1. The lowest BCUT2D eigenvalue weighted by atomic mass is 10.2. The largest absolute Gasteiger partial charge is 0.493 e. The molecule has 1 aromatic heterocycles. The van der Waals surface area contributed by atoms with Gasteiger partial charge in [-0.25, -0.2) is 4.79 Å². The van der Waals surface area contributed by atoms with E-state index in [-0.39, 0.29) is 23.0 Å².